The summed E-state index contributed by atoms with van der Waals surface area (Å²) in [4.78, 5) is 1.99. The van der Waals surface area contributed by atoms with Crippen LogP contribution < -0.4 is 5.30 Å². The second-order valence-corrected chi connectivity index (χ2v) is 4.59. The van der Waals surface area contributed by atoms with E-state index in [0.717, 1.165) is 11.8 Å². The van der Waals surface area contributed by atoms with Gasteiger partial charge in [0.2, 0.25) is 0 Å². The largest absolute Gasteiger partial charge is 0.388 e. The van der Waals surface area contributed by atoms with Crippen LogP contribution in [0.15, 0.2) is 18.2 Å². The lowest BCUT2D eigenvalue weighted by atomic mass is 10.1. The molecule has 15 heavy (non-hydrogen) atoms. The average Bonchev–Trinajstić information content (AvgIpc) is 2.12. The second-order valence-electron chi connectivity index (χ2n) is 3.93. The summed E-state index contributed by atoms with van der Waals surface area (Å²) in [5, 5.41) is 10.6. The summed E-state index contributed by atoms with van der Waals surface area (Å²) in [5.74, 6) is -0.304. The molecule has 0 fully saturated rings. The molecule has 0 spiro atoms. The van der Waals surface area contributed by atoms with Crippen LogP contribution in [0.25, 0.3) is 0 Å². The summed E-state index contributed by atoms with van der Waals surface area (Å²) in [7, 11) is 6.32. The van der Waals surface area contributed by atoms with Gasteiger partial charge in [-0.2, -0.15) is 0 Å². The van der Waals surface area contributed by atoms with Gasteiger partial charge in [-0.05, 0) is 49.6 Å². The average molecular weight is 229 g/mol. The maximum atomic E-state index is 13.1. The number of aliphatic hydroxyl groups excluding tert-OH is 1. The van der Waals surface area contributed by atoms with Crippen molar-refractivity contribution in [1.29, 1.82) is 0 Å². The standard InChI is InChI=1S/C11H17FNOP/c1-13(2)4-3-11(14)8-5-9(12)7-10(15)6-8/h5-7,11,14H,3-4,15H2,1-2H3. The minimum atomic E-state index is -0.595. The van der Waals surface area contributed by atoms with Crippen LogP contribution in [0.1, 0.15) is 18.1 Å². The van der Waals surface area contributed by atoms with Gasteiger partial charge in [0.25, 0.3) is 0 Å². The highest BCUT2D eigenvalue weighted by atomic mass is 31.0. The molecule has 0 bridgehead atoms. The number of hydrogen-bond acceptors (Lipinski definition) is 2. The molecule has 84 valence electrons. The summed E-state index contributed by atoms with van der Waals surface area (Å²) in [6.45, 7) is 0.782. The molecule has 0 aliphatic carbocycles. The number of aliphatic hydroxyl groups is 1. The van der Waals surface area contributed by atoms with Gasteiger partial charge in [-0.25, -0.2) is 4.39 Å². The monoisotopic (exact) mass is 229 g/mol. The second kappa shape index (κ2) is 5.55. The smallest absolute Gasteiger partial charge is 0.124 e. The van der Waals surface area contributed by atoms with Gasteiger partial charge in [-0.3, -0.25) is 0 Å². The van der Waals surface area contributed by atoms with Crippen LogP contribution in [-0.4, -0.2) is 30.6 Å². The summed E-state index contributed by atoms with van der Waals surface area (Å²) in [5.41, 5.74) is 0.641. The third-order valence-electron chi connectivity index (χ3n) is 2.18. The van der Waals surface area contributed by atoms with E-state index in [2.05, 4.69) is 9.24 Å². The van der Waals surface area contributed by atoms with Crippen molar-refractivity contribution in [3.63, 3.8) is 0 Å². The molecule has 0 heterocycles. The molecular formula is C11H17FNOP. The van der Waals surface area contributed by atoms with Crippen molar-refractivity contribution in [3.05, 3.63) is 29.6 Å². The molecule has 0 radical (unpaired) electrons. The van der Waals surface area contributed by atoms with Gasteiger partial charge in [-0.1, -0.05) is 0 Å². The van der Waals surface area contributed by atoms with Gasteiger partial charge in [0.05, 0.1) is 6.10 Å². The first kappa shape index (κ1) is 12.6. The van der Waals surface area contributed by atoms with E-state index in [-0.39, 0.29) is 5.82 Å². The van der Waals surface area contributed by atoms with Crippen LogP contribution in [0, 0.1) is 5.82 Å². The van der Waals surface area contributed by atoms with Gasteiger partial charge in [-0.15, -0.1) is 9.24 Å². The Bertz CT molecular complexity index is 310. The third-order valence-corrected chi connectivity index (χ3v) is 2.51. The summed E-state index contributed by atoms with van der Waals surface area (Å²) >= 11 is 0. The molecule has 2 nitrogen and oxygen atoms in total. The predicted octanol–water partition coefficient (Wildman–Crippen LogP) is 1.31. The molecule has 0 saturated heterocycles. The number of halogens is 1. The lowest BCUT2D eigenvalue weighted by Gasteiger charge is -2.15. The Morgan fingerprint density at radius 1 is 1.40 bits per heavy atom. The quantitative estimate of drug-likeness (QED) is 0.787. The van der Waals surface area contributed by atoms with Crippen LogP contribution in [0.2, 0.25) is 0 Å². The van der Waals surface area contributed by atoms with E-state index in [1.54, 1.807) is 6.07 Å². The van der Waals surface area contributed by atoms with Gasteiger partial charge < -0.3 is 10.0 Å². The first-order chi connectivity index (χ1) is 6.99. The molecule has 1 N–H and O–H groups in total. The molecule has 1 aromatic carbocycles. The first-order valence-electron chi connectivity index (χ1n) is 4.88. The molecule has 0 aliphatic heterocycles. The number of hydrogen-bond donors (Lipinski definition) is 1. The van der Waals surface area contributed by atoms with E-state index < -0.39 is 6.10 Å². The predicted molar refractivity (Wildman–Crippen MR) is 63.9 cm³/mol. The zero-order valence-corrected chi connectivity index (χ0v) is 10.2. The van der Waals surface area contributed by atoms with Crippen molar-refractivity contribution < 1.29 is 9.50 Å². The van der Waals surface area contributed by atoms with Crippen molar-refractivity contribution in [1.82, 2.24) is 4.90 Å². The van der Waals surface area contributed by atoms with Crippen LogP contribution in [-0.2, 0) is 0 Å². The van der Waals surface area contributed by atoms with Crippen LogP contribution in [0.5, 0.6) is 0 Å². The molecule has 0 saturated carbocycles. The number of benzene rings is 1. The Kier molecular flexibility index (Phi) is 4.65. The Morgan fingerprint density at radius 2 is 2.07 bits per heavy atom. The van der Waals surface area contributed by atoms with Crippen molar-refractivity contribution in [3.8, 4) is 0 Å². The topological polar surface area (TPSA) is 23.5 Å². The molecule has 2 atom stereocenters. The lowest BCUT2D eigenvalue weighted by molar-refractivity contribution is 0.154. The van der Waals surface area contributed by atoms with E-state index in [9.17, 15) is 9.50 Å². The van der Waals surface area contributed by atoms with Crippen molar-refractivity contribution in [2.24, 2.45) is 0 Å². The highest BCUT2D eigenvalue weighted by molar-refractivity contribution is 7.27. The fourth-order valence-corrected chi connectivity index (χ4v) is 1.73. The fraction of sp³-hybridized carbons (Fsp3) is 0.455. The van der Waals surface area contributed by atoms with Crippen LogP contribution >= 0.6 is 9.24 Å². The third kappa shape index (κ3) is 4.25. The minimum Gasteiger partial charge on any atom is -0.388 e. The molecule has 0 amide bonds. The van der Waals surface area contributed by atoms with Gasteiger partial charge in [0.15, 0.2) is 0 Å². The van der Waals surface area contributed by atoms with Gasteiger partial charge in [0.1, 0.15) is 5.82 Å². The minimum absolute atomic E-state index is 0.304. The zero-order chi connectivity index (χ0) is 11.4. The summed E-state index contributed by atoms with van der Waals surface area (Å²) < 4.78 is 13.1. The maximum absolute atomic E-state index is 13.1. The Morgan fingerprint density at radius 3 is 2.60 bits per heavy atom. The van der Waals surface area contributed by atoms with Crippen molar-refractivity contribution in [2.75, 3.05) is 20.6 Å². The molecule has 4 heteroatoms. The normalized spacial score (nSPS) is 13.2. The highest BCUT2D eigenvalue weighted by Crippen LogP contribution is 2.17. The fourth-order valence-electron chi connectivity index (χ4n) is 1.38. The first-order valence-corrected chi connectivity index (χ1v) is 5.45. The van der Waals surface area contributed by atoms with E-state index >= 15 is 0 Å². The summed E-state index contributed by atoms with van der Waals surface area (Å²) in [6, 6.07) is 4.59. The molecule has 0 aromatic heterocycles. The Hall–Kier alpha value is -0.500. The van der Waals surface area contributed by atoms with Crippen LogP contribution in [0.4, 0.5) is 4.39 Å². The number of rotatable bonds is 4. The summed E-state index contributed by atoms with van der Waals surface area (Å²) in [6.07, 6.45) is 0.0167. The Balaban J connectivity index is 2.68. The number of nitrogens with zero attached hydrogens (tertiary/aromatic N) is 1. The van der Waals surface area contributed by atoms with Crippen molar-refractivity contribution >= 4 is 14.5 Å². The molecular weight excluding hydrogens is 212 g/mol. The van der Waals surface area contributed by atoms with E-state index in [1.807, 2.05) is 19.0 Å². The van der Waals surface area contributed by atoms with E-state index in [1.165, 1.54) is 12.1 Å². The molecule has 1 rings (SSSR count). The van der Waals surface area contributed by atoms with Gasteiger partial charge in [0, 0.05) is 6.54 Å². The van der Waals surface area contributed by atoms with E-state index in [4.69, 9.17) is 0 Å². The SMILES string of the molecule is CN(C)CCC(O)c1cc(F)cc(P)c1. The zero-order valence-electron chi connectivity index (χ0n) is 9.07. The molecule has 0 aliphatic rings. The Labute approximate surface area is 92.3 Å². The maximum Gasteiger partial charge on any atom is 0.124 e. The van der Waals surface area contributed by atoms with E-state index in [0.29, 0.717) is 12.0 Å². The highest BCUT2D eigenvalue weighted by Gasteiger charge is 2.09. The van der Waals surface area contributed by atoms with Gasteiger partial charge >= 0.3 is 0 Å². The van der Waals surface area contributed by atoms with Crippen molar-refractivity contribution in [2.45, 2.75) is 12.5 Å². The lowest BCUT2D eigenvalue weighted by Crippen LogP contribution is -2.16. The molecule has 2 unspecified atom stereocenters. The van der Waals surface area contributed by atoms with Crippen LogP contribution in [0.3, 0.4) is 0 Å². The molecule has 1 aromatic rings.